The largest absolute Gasteiger partial charge is 0.394 e. The molecule has 9 atom stereocenters. The number of primary amides is 3. The molecule has 0 radical (unpaired) electrons. The summed E-state index contributed by atoms with van der Waals surface area (Å²) >= 11 is 0. The van der Waals surface area contributed by atoms with Crippen molar-refractivity contribution in [2.24, 2.45) is 67.7 Å². The Hall–Kier alpha value is -8.72. The molecule has 1 aromatic carbocycles. The number of aliphatic hydroxyl groups is 2. The molecule has 0 aliphatic rings. The third-order valence-electron chi connectivity index (χ3n) is 12.1. The molecule has 0 fully saturated rings. The van der Waals surface area contributed by atoms with Crippen LogP contribution in [0.25, 0.3) is 0 Å². The molecule has 33 heteroatoms. The van der Waals surface area contributed by atoms with Crippen molar-refractivity contribution in [3.63, 3.8) is 0 Å². The number of guanidine groups is 2. The number of benzene rings is 1. The highest BCUT2D eigenvalue weighted by Gasteiger charge is 2.35. The quantitative estimate of drug-likeness (QED) is 0.0165. The molecule has 1 rings (SSSR count). The Morgan fingerprint density at radius 3 is 1.31 bits per heavy atom. The van der Waals surface area contributed by atoms with E-state index in [1.54, 1.807) is 44.2 Å². The first kappa shape index (κ1) is 72.3. The predicted octanol–water partition coefficient (Wildman–Crippen LogP) is -8.64. The molecule has 0 aliphatic heterocycles. The molecular formula is C50H85N19O14. The van der Waals surface area contributed by atoms with Crippen LogP contribution < -0.4 is 93.7 Å². The summed E-state index contributed by atoms with van der Waals surface area (Å²) in [6, 6.07) is -5.06. The lowest BCUT2D eigenvalue weighted by molar-refractivity contribution is -0.136. The van der Waals surface area contributed by atoms with Gasteiger partial charge in [0, 0.05) is 32.4 Å². The van der Waals surface area contributed by atoms with Gasteiger partial charge in [-0.1, -0.05) is 58.0 Å². The van der Waals surface area contributed by atoms with E-state index < -0.39 is 177 Å². The van der Waals surface area contributed by atoms with E-state index in [9.17, 15) is 67.7 Å². The summed E-state index contributed by atoms with van der Waals surface area (Å²) in [6.45, 7) is 4.11. The Labute approximate surface area is 479 Å². The predicted molar refractivity (Wildman–Crippen MR) is 301 cm³/mol. The maximum absolute atomic E-state index is 14.2. The van der Waals surface area contributed by atoms with Crippen molar-refractivity contribution < 1.29 is 67.7 Å². The van der Waals surface area contributed by atoms with Crippen LogP contribution >= 0.6 is 0 Å². The van der Waals surface area contributed by atoms with E-state index >= 15 is 0 Å². The SMILES string of the molecule is CC(C)CC(N)C(=O)NC(CCCN=C(N)N)C(=O)NC(CCC(N)=O)C(=O)NC(CO)C(=O)NC(CCC(N)=O)C(=O)NC(Cc1ccccc1)C(=O)NC(C(=O)NCC(=O)NC(CO)C(=O)NC(CCCN=C(N)N)C(N)=O)C(C)C. The van der Waals surface area contributed by atoms with Crippen LogP contribution in [0.1, 0.15) is 91.0 Å². The van der Waals surface area contributed by atoms with Gasteiger partial charge in [0.1, 0.15) is 48.3 Å². The number of aliphatic hydroxyl groups excluding tert-OH is 2. The second kappa shape index (κ2) is 38.1. The second-order valence-corrected chi connectivity index (χ2v) is 20.0. The topological polar surface area (TPSA) is 586 Å². The van der Waals surface area contributed by atoms with E-state index in [4.69, 9.17) is 45.9 Å². The highest BCUT2D eigenvalue weighted by molar-refractivity contribution is 5.98. The van der Waals surface area contributed by atoms with E-state index in [-0.39, 0.29) is 69.5 Å². The Bertz CT molecular complexity index is 2420. The van der Waals surface area contributed by atoms with Gasteiger partial charge in [0.05, 0.1) is 25.8 Å². The van der Waals surface area contributed by atoms with E-state index in [2.05, 4.69) is 57.8 Å². The van der Waals surface area contributed by atoms with Gasteiger partial charge in [-0.05, 0) is 62.3 Å². The van der Waals surface area contributed by atoms with Crippen molar-refractivity contribution in [3.05, 3.63) is 35.9 Å². The average molecular weight is 1180 g/mol. The van der Waals surface area contributed by atoms with Crippen molar-refractivity contribution in [1.82, 2.24) is 47.9 Å². The molecule has 9 unspecified atom stereocenters. The summed E-state index contributed by atoms with van der Waals surface area (Å²) in [6.07, 6.45) is -1.52. The van der Waals surface area contributed by atoms with Crippen LogP contribution in [0, 0.1) is 11.8 Å². The Balaban J connectivity index is 3.39. The van der Waals surface area contributed by atoms with Gasteiger partial charge in [-0.15, -0.1) is 0 Å². The molecule has 1 aromatic rings. The maximum Gasteiger partial charge on any atom is 0.245 e. The van der Waals surface area contributed by atoms with Crippen molar-refractivity contribution >= 4 is 82.8 Å². The lowest BCUT2D eigenvalue weighted by Crippen LogP contribution is -2.61. The van der Waals surface area contributed by atoms with E-state index in [1.165, 1.54) is 0 Å². The Morgan fingerprint density at radius 1 is 0.482 bits per heavy atom. The molecule has 33 nitrogen and oxygen atoms in total. The third-order valence-corrected chi connectivity index (χ3v) is 12.1. The number of carbonyl (C=O) groups is 12. The van der Waals surface area contributed by atoms with Gasteiger partial charge in [0.25, 0.3) is 0 Å². The fourth-order valence-corrected chi connectivity index (χ4v) is 7.69. The second-order valence-electron chi connectivity index (χ2n) is 20.0. The van der Waals surface area contributed by atoms with Crippen molar-refractivity contribution in [2.45, 2.75) is 146 Å². The number of nitrogens with one attached hydrogen (secondary N) is 9. The molecule has 464 valence electrons. The first-order valence-electron chi connectivity index (χ1n) is 26.7. The van der Waals surface area contributed by atoms with E-state index in [0.29, 0.717) is 5.56 Å². The normalized spacial score (nSPS) is 14.2. The van der Waals surface area contributed by atoms with Gasteiger partial charge in [-0.2, -0.15) is 0 Å². The zero-order valence-corrected chi connectivity index (χ0v) is 47.2. The molecule has 0 heterocycles. The van der Waals surface area contributed by atoms with Gasteiger partial charge in [-0.25, -0.2) is 0 Å². The minimum absolute atomic E-state index is 0.0105. The molecule has 0 saturated heterocycles. The number of nitrogens with two attached hydrogens (primary N) is 8. The van der Waals surface area contributed by atoms with Gasteiger partial charge >= 0.3 is 0 Å². The lowest BCUT2D eigenvalue weighted by atomic mass is 10.0. The number of hydrogen-bond acceptors (Lipinski definition) is 17. The summed E-state index contributed by atoms with van der Waals surface area (Å²) in [5.41, 5.74) is 44.1. The first-order chi connectivity index (χ1) is 39.0. The summed E-state index contributed by atoms with van der Waals surface area (Å²) in [5, 5.41) is 41.8. The van der Waals surface area contributed by atoms with Crippen LogP contribution in [0.4, 0.5) is 0 Å². The number of amides is 12. The third kappa shape index (κ3) is 29.5. The monoisotopic (exact) mass is 1180 g/mol. The molecule has 83 heavy (non-hydrogen) atoms. The van der Waals surface area contributed by atoms with E-state index in [1.807, 2.05) is 13.8 Å². The van der Waals surface area contributed by atoms with E-state index in [0.717, 1.165) is 0 Å². The van der Waals surface area contributed by atoms with Crippen LogP contribution in [0.2, 0.25) is 0 Å². The fourth-order valence-electron chi connectivity index (χ4n) is 7.69. The van der Waals surface area contributed by atoms with Crippen LogP contribution in [-0.2, 0) is 64.0 Å². The fraction of sp³-hybridized carbons (Fsp3) is 0.600. The summed E-state index contributed by atoms with van der Waals surface area (Å²) in [4.78, 5) is 166. The van der Waals surface area contributed by atoms with Crippen LogP contribution in [-0.4, -0.2) is 180 Å². The summed E-state index contributed by atoms with van der Waals surface area (Å²) in [5.74, 6) is -12.6. The van der Waals surface area contributed by atoms with Crippen LogP contribution in [0.15, 0.2) is 40.3 Å². The molecular weight excluding hydrogens is 1090 g/mol. The van der Waals surface area contributed by atoms with Crippen LogP contribution in [0.3, 0.4) is 0 Å². The molecule has 12 amide bonds. The number of aliphatic imine (C=N–C) groups is 2. The smallest absolute Gasteiger partial charge is 0.245 e. The zero-order valence-electron chi connectivity index (χ0n) is 47.2. The molecule has 0 spiro atoms. The number of rotatable bonds is 40. The lowest BCUT2D eigenvalue weighted by Gasteiger charge is -2.28. The minimum Gasteiger partial charge on any atom is -0.394 e. The van der Waals surface area contributed by atoms with Crippen molar-refractivity contribution in [3.8, 4) is 0 Å². The highest BCUT2D eigenvalue weighted by atomic mass is 16.3. The Kier molecular flexibility index (Phi) is 33.2. The van der Waals surface area contributed by atoms with Crippen LogP contribution in [0.5, 0.6) is 0 Å². The van der Waals surface area contributed by atoms with Crippen molar-refractivity contribution in [2.75, 3.05) is 32.8 Å². The molecule has 0 aliphatic carbocycles. The molecule has 0 saturated carbocycles. The molecule has 0 aromatic heterocycles. The average Bonchev–Trinajstić information content (AvgIpc) is 3.41. The van der Waals surface area contributed by atoms with Gasteiger partial charge in [-0.3, -0.25) is 67.5 Å². The van der Waals surface area contributed by atoms with Gasteiger partial charge < -0.3 is 104 Å². The standard InChI is InChI=1S/C50H85N19O14/c1-25(2)20-28(51)41(76)64-30(13-9-19-60-50(57)58)42(77)65-32(15-17-37(53)73)44(79)68-35(24-71)47(82)66-31(14-16-36(52)72)43(78)67-33(21-27-10-6-5-7-11-27)45(80)69-39(26(3)4)48(83)61-22-38(74)62-34(23-70)46(81)63-29(40(54)75)12-8-18-59-49(55)56/h5-7,10-11,25-26,28-35,39,70-71H,8-9,12-24,51H2,1-4H3,(H2,52,72)(H2,53,73)(H2,54,75)(H,61,83)(H,62,74)(H,63,81)(H,64,76)(H,65,77)(H,66,82)(H,67,78)(H,68,79)(H,69,80)(H4,55,56,59)(H4,57,58,60). The minimum atomic E-state index is -1.88. The summed E-state index contributed by atoms with van der Waals surface area (Å²) in [7, 11) is 0. The maximum atomic E-state index is 14.2. The number of carbonyl (C=O) groups excluding carboxylic acids is 12. The Morgan fingerprint density at radius 2 is 0.880 bits per heavy atom. The molecule has 0 bridgehead atoms. The highest BCUT2D eigenvalue weighted by Crippen LogP contribution is 2.11. The van der Waals surface area contributed by atoms with Crippen molar-refractivity contribution in [1.29, 1.82) is 0 Å². The van der Waals surface area contributed by atoms with Gasteiger partial charge in [0.15, 0.2) is 11.9 Å². The first-order valence-corrected chi connectivity index (χ1v) is 26.7. The number of hydrogen-bond donors (Lipinski definition) is 19. The van der Waals surface area contributed by atoms with Gasteiger partial charge in [0.2, 0.25) is 70.9 Å². The number of nitrogens with zero attached hydrogens (tertiary/aromatic N) is 2. The zero-order chi connectivity index (χ0) is 62.9. The summed E-state index contributed by atoms with van der Waals surface area (Å²) < 4.78 is 0. The molecule has 27 N–H and O–H groups in total.